The normalized spacial score (nSPS) is 11.5. The van der Waals surface area contributed by atoms with Crippen LogP contribution < -0.4 is 10.6 Å². The van der Waals surface area contributed by atoms with Gasteiger partial charge in [-0.25, -0.2) is 14.6 Å². The lowest BCUT2D eigenvalue weighted by Crippen LogP contribution is -2.22. The smallest absolute Gasteiger partial charge is 0.336 e. The standard InChI is InChI=1S/C27H19Cl2N3O6S2/c1-13(23(33)32-27-31-22(12-39-27)19-9-3-15(28)11-21(19)29)40-17-6-4-16(5-7-17)30-24(34)18-8-2-14(25(35)36)10-20(18)26(37)38/h2-13H,1H3,(H,30,34)(H,35,36)(H,37,38)(H,31,32,33). The predicted molar refractivity (Wildman–Crippen MR) is 156 cm³/mol. The van der Waals surface area contributed by atoms with E-state index < -0.39 is 28.7 Å². The third-order valence-corrected chi connectivity index (χ3v) is 7.89. The minimum atomic E-state index is -1.42. The van der Waals surface area contributed by atoms with E-state index in [4.69, 9.17) is 28.3 Å². The third kappa shape index (κ3) is 6.99. The molecule has 0 saturated heterocycles. The number of aromatic carboxylic acids is 2. The number of thiazole rings is 1. The molecule has 204 valence electrons. The highest BCUT2D eigenvalue weighted by molar-refractivity contribution is 8.00. The number of nitrogens with zero attached hydrogens (tertiary/aromatic N) is 1. The summed E-state index contributed by atoms with van der Waals surface area (Å²) in [6.07, 6.45) is 0. The molecule has 0 aliphatic heterocycles. The molecule has 0 bridgehead atoms. The lowest BCUT2D eigenvalue weighted by Gasteiger charge is -2.12. The molecule has 2 amide bonds. The van der Waals surface area contributed by atoms with Gasteiger partial charge in [-0.15, -0.1) is 23.1 Å². The van der Waals surface area contributed by atoms with Crippen LogP contribution in [-0.4, -0.2) is 44.2 Å². The zero-order valence-electron chi connectivity index (χ0n) is 20.5. The number of carboxylic acids is 2. The molecule has 1 atom stereocenters. The summed E-state index contributed by atoms with van der Waals surface area (Å²) in [5, 5.41) is 26.6. The van der Waals surface area contributed by atoms with Gasteiger partial charge in [0.05, 0.1) is 32.7 Å². The molecule has 0 aliphatic carbocycles. The fourth-order valence-corrected chi connectivity index (χ4v) is 5.57. The van der Waals surface area contributed by atoms with E-state index in [1.165, 1.54) is 23.1 Å². The minimum absolute atomic E-state index is 0.176. The van der Waals surface area contributed by atoms with Crippen LogP contribution in [0.15, 0.2) is 70.9 Å². The number of amides is 2. The second-order valence-corrected chi connectivity index (χ2v) is 11.4. The topological polar surface area (TPSA) is 146 Å². The number of hydrogen-bond acceptors (Lipinski definition) is 7. The Kier molecular flexibility index (Phi) is 9.10. The van der Waals surface area contributed by atoms with Gasteiger partial charge < -0.3 is 20.8 Å². The molecule has 1 unspecified atom stereocenters. The fraction of sp³-hybridized carbons (Fsp3) is 0.0741. The number of carbonyl (C=O) groups is 4. The first-order chi connectivity index (χ1) is 19.0. The van der Waals surface area contributed by atoms with Crippen molar-refractivity contribution in [2.75, 3.05) is 10.6 Å². The first kappa shape index (κ1) is 29.1. The average Bonchev–Trinajstić information content (AvgIpc) is 3.37. The minimum Gasteiger partial charge on any atom is -0.478 e. The zero-order chi connectivity index (χ0) is 29.0. The molecule has 13 heteroatoms. The van der Waals surface area contributed by atoms with Gasteiger partial charge in [-0.2, -0.15) is 0 Å². The van der Waals surface area contributed by atoms with Gasteiger partial charge in [0.2, 0.25) is 5.91 Å². The van der Waals surface area contributed by atoms with E-state index in [1.54, 1.807) is 54.8 Å². The van der Waals surface area contributed by atoms with Gasteiger partial charge in [-0.3, -0.25) is 9.59 Å². The molecule has 1 heterocycles. The second-order valence-electron chi connectivity index (χ2n) is 8.26. The summed E-state index contributed by atoms with van der Waals surface area (Å²) in [5.41, 5.74) is 0.871. The summed E-state index contributed by atoms with van der Waals surface area (Å²) < 4.78 is 0. The van der Waals surface area contributed by atoms with Crippen molar-refractivity contribution in [1.82, 2.24) is 4.98 Å². The Bertz CT molecular complexity index is 1630. The van der Waals surface area contributed by atoms with E-state index in [2.05, 4.69) is 15.6 Å². The summed E-state index contributed by atoms with van der Waals surface area (Å²) in [4.78, 5) is 53.3. The van der Waals surface area contributed by atoms with Gasteiger partial charge in [0.25, 0.3) is 5.91 Å². The van der Waals surface area contributed by atoms with Crippen LogP contribution in [0.4, 0.5) is 10.8 Å². The van der Waals surface area contributed by atoms with E-state index in [-0.39, 0.29) is 17.0 Å². The highest BCUT2D eigenvalue weighted by atomic mass is 35.5. The molecule has 0 radical (unpaired) electrons. The van der Waals surface area contributed by atoms with Crippen LogP contribution in [0.2, 0.25) is 10.0 Å². The van der Waals surface area contributed by atoms with Gasteiger partial charge in [-0.05, 0) is 67.6 Å². The van der Waals surface area contributed by atoms with Crippen LogP contribution in [0, 0.1) is 0 Å². The summed E-state index contributed by atoms with van der Waals surface area (Å²) in [6, 6.07) is 15.0. The highest BCUT2D eigenvalue weighted by Gasteiger charge is 2.20. The number of aromatic nitrogens is 1. The van der Waals surface area contributed by atoms with E-state index >= 15 is 0 Å². The number of benzene rings is 3. The van der Waals surface area contributed by atoms with Crippen LogP contribution in [-0.2, 0) is 4.79 Å². The Morgan fingerprint density at radius 1 is 0.900 bits per heavy atom. The maximum absolute atomic E-state index is 12.7. The van der Waals surface area contributed by atoms with E-state index in [0.29, 0.717) is 32.1 Å². The lowest BCUT2D eigenvalue weighted by atomic mass is 10.0. The van der Waals surface area contributed by atoms with Gasteiger partial charge in [-0.1, -0.05) is 23.2 Å². The number of anilines is 2. The first-order valence-electron chi connectivity index (χ1n) is 11.4. The summed E-state index contributed by atoms with van der Waals surface area (Å²) in [5.74, 6) is -3.68. The van der Waals surface area contributed by atoms with E-state index in [0.717, 1.165) is 23.1 Å². The molecule has 4 N–H and O–H groups in total. The van der Waals surface area contributed by atoms with Crippen molar-refractivity contribution in [3.8, 4) is 11.3 Å². The van der Waals surface area contributed by atoms with Gasteiger partial charge in [0.15, 0.2) is 5.13 Å². The van der Waals surface area contributed by atoms with Crippen LogP contribution in [0.1, 0.15) is 38.0 Å². The molecule has 0 spiro atoms. The van der Waals surface area contributed by atoms with Crippen molar-refractivity contribution in [1.29, 1.82) is 0 Å². The largest absolute Gasteiger partial charge is 0.478 e. The Morgan fingerprint density at radius 3 is 2.27 bits per heavy atom. The summed E-state index contributed by atoms with van der Waals surface area (Å²) in [6.45, 7) is 1.74. The number of rotatable bonds is 9. The Morgan fingerprint density at radius 2 is 1.62 bits per heavy atom. The molecule has 9 nitrogen and oxygen atoms in total. The third-order valence-electron chi connectivity index (χ3n) is 5.48. The van der Waals surface area contributed by atoms with Crippen LogP contribution in [0.25, 0.3) is 11.3 Å². The maximum Gasteiger partial charge on any atom is 0.336 e. The first-order valence-corrected chi connectivity index (χ1v) is 13.9. The van der Waals surface area contributed by atoms with Crippen molar-refractivity contribution in [3.05, 3.63) is 92.8 Å². The molecular weight excluding hydrogens is 597 g/mol. The number of carbonyl (C=O) groups excluding carboxylic acids is 2. The van der Waals surface area contributed by atoms with Gasteiger partial charge in [0.1, 0.15) is 0 Å². The quantitative estimate of drug-likeness (QED) is 0.149. The lowest BCUT2D eigenvalue weighted by molar-refractivity contribution is -0.115. The molecule has 0 saturated carbocycles. The zero-order valence-corrected chi connectivity index (χ0v) is 23.6. The number of nitrogens with one attached hydrogen (secondary N) is 2. The number of thioether (sulfide) groups is 1. The predicted octanol–water partition coefficient (Wildman–Crippen LogP) is 6.88. The highest BCUT2D eigenvalue weighted by Crippen LogP contribution is 2.33. The molecule has 3 aromatic carbocycles. The van der Waals surface area contributed by atoms with Crippen molar-refractivity contribution < 1.29 is 29.4 Å². The molecule has 1 aromatic heterocycles. The molecular formula is C27H19Cl2N3O6S2. The summed E-state index contributed by atoms with van der Waals surface area (Å²) >= 11 is 14.8. The van der Waals surface area contributed by atoms with Crippen molar-refractivity contribution in [2.45, 2.75) is 17.1 Å². The van der Waals surface area contributed by atoms with E-state index in [1.807, 2.05) is 0 Å². The number of halogens is 2. The fourth-order valence-electron chi connectivity index (χ4n) is 3.48. The van der Waals surface area contributed by atoms with Gasteiger partial charge in [0, 0.05) is 26.5 Å². The van der Waals surface area contributed by atoms with E-state index in [9.17, 15) is 24.3 Å². The van der Waals surface area contributed by atoms with Crippen LogP contribution >= 0.6 is 46.3 Å². The van der Waals surface area contributed by atoms with Crippen molar-refractivity contribution in [2.24, 2.45) is 0 Å². The monoisotopic (exact) mass is 615 g/mol. The van der Waals surface area contributed by atoms with Crippen molar-refractivity contribution in [3.63, 3.8) is 0 Å². The molecule has 0 fully saturated rings. The Balaban J connectivity index is 1.36. The average molecular weight is 617 g/mol. The summed E-state index contributed by atoms with van der Waals surface area (Å²) in [7, 11) is 0. The number of carboxylic acid groups (broad SMARTS) is 2. The van der Waals surface area contributed by atoms with Crippen LogP contribution in [0.3, 0.4) is 0 Å². The molecule has 4 aromatic rings. The van der Waals surface area contributed by atoms with Crippen LogP contribution in [0.5, 0.6) is 0 Å². The maximum atomic E-state index is 12.7. The SMILES string of the molecule is CC(Sc1ccc(NC(=O)c2ccc(C(=O)O)cc2C(=O)O)cc1)C(=O)Nc1nc(-c2ccc(Cl)cc2Cl)cs1. The Labute approximate surface area is 246 Å². The molecule has 4 rings (SSSR count). The second kappa shape index (κ2) is 12.5. The van der Waals surface area contributed by atoms with Crippen molar-refractivity contribution >= 4 is 80.9 Å². The molecule has 0 aliphatic rings. The van der Waals surface area contributed by atoms with Gasteiger partial charge >= 0.3 is 11.9 Å². The Hall–Kier alpha value is -3.90. The number of hydrogen-bond donors (Lipinski definition) is 4. The molecule has 40 heavy (non-hydrogen) atoms.